The van der Waals surface area contributed by atoms with Crippen LogP contribution in [0.5, 0.6) is 0 Å². The van der Waals surface area contributed by atoms with E-state index in [0.717, 1.165) is 25.1 Å². The molecule has 1 aliphatic carbocycles. The smallest absolute Gasteiger partial charge is 0.282 e. The standard InChI is InChI=1S/C15H21N3O3/c1-4-7-16-10-5-6-12(18(20)21)11(8-10)14(19)17-13-9-15(13,2)3/h5-6,8,13,16H,4,7,9H2,1-3H3,(H,17,19). The van der Waals surface area contributed by atoms with Gasteiger partial charge in [0.2, 0.25) is 0 Å². The third-order valence-electron chi connectivity index (χ3n) is 3.84. The third-order valence-corrected chi connectivity index (χ3v) is 3.84. The summed E-state index contributed by atoms with van der Waals surface area (Å²) >= 11 is 0. The number of carbonyl (C=O) groups excluding carboxylic acids is 1. The summed E-state index contributed by atoms with van der Waals surface area (Å²) in [6.07, 6.45) is 1.84. The molecule has 1 fully saturated rings. The fraction of sp³-hybridized carbons (Fsp3) is 0.533. The summed E-state index contributed by atoms with van der Waals surface area (Å²) in [6, 6.07) is 4.66. The normalized spacial score (nSPS) is 18.9. The summed E-state index contributed by atoms with van der Waals surface area (Å²) < 4.78 is 0. The maximum Gasteiger partial charge on any atom is 0.282 e. The highest BCUT2D eigenvalue weighted by atomic mass is 16.6. The molecule has 0 heterocycles. The lowest BCUT2D eigenvalue weighted by Crippen LogP contribution is -2.29. The van der Waals surface area contributed by atoms with Crippen LogP contribution in [0, 0.1) is 15.5 Å². The molecule has 6 nitrogen and oxygen atoms in total. The molecule has 114 valence electrons. The zero-order valence-corrected chi connectivity index (χ0v) is 12.6. The van der Waals surface area contributed by atoms with Crippen molar-refractivity contribution >= 4 is 17.3 Å². The van der Waals surface area contributed by atoms with Crippen molar-refractivity contribution in [2.24, 2.45) is 5.41 Å². The average Bonchev–Trinajstić information content (AvgIpc) is 3.02. The van der Waals surface area contributed by atoms with Crippen LogP contribution in [0.1, 0.15) is 44.0 Å². The van der Waals surface area contributed by atoms with Gasteiger partial charge in [0.25, 0.3) is 11.6 Å². The molecule has 21 heavy (non-hydrogen) atoms. The van der Waals surface area contributed by atoms with Crippen molar-refractivity contribution in [1.29, 1.82) is 0 Å². The first kappa shape index (κ1) is 15.3. The first-order valence-electron chi connectivity index (χ1n) is 7.18. The van der Waals surface area contributed by atoms with E-state index in [1.165, 1.54) is 6.07 Å². The number of benzene rings is 1. The molecule has 1 aromatic carbocycles. The monoisotopic (exact) mass is 291 g/mol. The van der Waals surface area contributed by atoms with E-state index in [2.05, 4.69) is 24.5 Å². The number of nitro benzene ring substituents is 1. The average molecular weight is 291 g/mol. The highest BCUT2D eigenvalue weighted by Crippen LogP contribution is 2.44. The number of nitro groups is 1. The number of nitrogens with zero attached hydrogens (tertiary/aromatic N) is 1. The van der Waals surface area contributed by atoms with Gasteiger partial charge in [-0.25, -0.2) is 0 Å². The Morgan fingerprint density at radius 2 is 2.14 bits per heavy atom. The van der Waals surface area contributed by atoms with E-state index in [4.69, 9.17) is 0 Å². The van der Waals surface area contributed by atoms with E-state index >= 15 is 0 Å². The summed E-state index contributed by atoms with van der Waals surface area (Å²) in [5.74, 6) is -0.377. The minimum Gasteiger partial charge on any atom is -0.385 e. The van der Waals surface area contributed by atoms with Crippen molar-refractivity contribution in [3.05, 3.63) is 33.9 Å². The molecule has 0 radical (unpaired) electrons. The van der Waals surface area contributed by atoms with Crippen molar-refractivity contribution in [3.63, 3.8) is 0 Å². The fourth-order valence-corrected chi connectivity index (χ4v) is 2.21. The fourth-order valence-electron chi connectivity index (χ4n) is 2.21. The molecule has 0 spiro atoms. The summed E-state index contributed by atoms with van der Waals surface area (Å²) in [4.78, 5) is 22.9. The Morgan fingerprint density at radius 1 is 1.48 bits per heavy atom. The summed E-state index contributed by atoms with van der Waals surface area (Å²) in [5.41, 5.74) is 0.766. The molecule has 1 saturated carbocycles. The molecule has 0 aromatic heterocycles. The van der Waals surface area contributed by atoms with Gasteiger partial charge in [0.1, 0.15) is 5.56 Å². The molecule has 6 heteroatoms. The molecule has 1 atom stereocenters. The maximum absolute atomic E-state index is 12.3. The van der Waals surface area contributed by atoms with Gasteiger partial charge in [-0.2, -0.15) is 0 Å². The van der Waals surface area contributed by atoms with E-state index in [-0.39, 0.29) is 28.6 Å². The lowest BCUT2D eigenvalue weighted by molar-refractivity contribution is -0.385. The number of hydrogen-bond donors (Lipinski definition) is 2. The molecular weight excluding hydrogens is 270 g/mol. The van der Waals surface area contributed by atoms with Gasteiger partial charge >= 0.3 is 0 Å². The molecule has 0 bridgehead atoms. The zero-order chi connectivity index (χ0) is 15.6. The van der Waals surface area contributed by atoms with Gasteiger partial charge < -0.3 is 10.6 Å². The lowest BCUT2D eigenvalue weighted by atomic mass is 10.1. The van der Waals surface area contributed by atoms with Crippen LogP contribution >= 0.6 is 0 Å². The van der Waals surface area contributed by atoms with Crippen molar-refractivity contribution in [1.82, 2.24) is 5.32 Å². The third kappa shape index (κ3) is 3.51. The van der Waals surface area contributed by atoms with Gasteiger partial charge in [0.05, 0.1) is 4.92 Å². The van der Waals surface area contributed by atoms with Crippen LogP contribution < -0.4 is 10.6 Å². The van der Waals surface area contributed by atoms with Gasteiger partial charge in [0.15, 0.2) is 0 Å². The van der Waals surface area contributed by atoms with Crippen LogP contribution in [0.3, 0.4) is 0 Å². The van der Waals surface area contributed by atoms with E-state index in [1.807, 2.05) is 6.92 Å². The second-order valence-electron chi connectivity index (χ2n) is 6.13. The molecule has 1 aromatic rings. The number of amides is 1. The largest absolute Gasteiger partial charge is 0.385 e. The molecule has 2 N–H and O–H groups in total. The van der Waals surface area contributed by atoms with Gasteiger partial charge in [0, 0.05) is 24.3 Å². The SMILES string of the molecule is CCCNc1ccc([N+](=O)[O-])c(C(=O)NC2CC2(C)C)c1. The lowest BCUT2D eigenvalue weighted by Gasteiger charge is -2.10. The van der Waals surface area contributed by atoms with E-state index in [1.54, 1.807) is 12.1 Å². The Bertz CT molecular complexity index is 569. The maximum atomic E-state index is 12.3. The van der Waals surface area contributed by atoms with Crippen LogP contribution in [0.15, 0.2) is 18.2 Å². The number of rotatable bonds is 6. The van der Waals surface area contributed by atoms with Crippen LogP contribution in [0.4, 0.5) is 11.4 Å². The van der Waals surface area contributed by atoms with Crippen LogP contribution in [-0.2, 0) is 0 Å². The Morgan fingerprint density at radius 3 is 2.67 bits per heavy atom. The summed E-state index contributed by atoms with van der Waals surface area (Å²) in [5, 5.41) is 17.1. The molecule has 1 unspecified atom stereocenters. The van der Waals surface area contributed by atoms with Crippen LogP contribution in [0.2, 0.25) is 0 Å². The topological polar surface area (TPSA) is 84.3 Å². The minimum absolute atomic E-state index is 0.0858. The molecule has 2 rings (SSSR count). The van der Waals surface area contributed by atoms with Crippen LogP contribution in [0.25, 0.3) is 0 Å². The van der Waals surface area contributed by atoms with Gasteiger partial charge in [-0.1, -0.05) is 20.8 Å². The molecular formula is C15H21N3O3. The Hall–Kier alpha value is -2.11. The first-order chi connectivity index (χ1) is 9.85. The van der Waals surface area contributed by atoms with Crippen molar-refractivity contribution in [3.8, 4) is 0 Å². The Kier molecular flexibility index (Phi) is 4.16. The number of carbonyl (C=O) groups is 1. The summed E-state index contributed by atoms with van der Waals surface area (Å²) in [7, 11) is 0. The Labute approximate surface area is 124 Å². The molecule has 1 amide bonds. The Balaban J connectivity index is 2.21. The molecule has 0 saturated heterocycles. The molecule has 0 aliphatic heterocycles. The van der Waals surface area contributed by atoms with Crippen LogP contribution in [-0.4, -0.2) is 23.4 Å². The quantitative estimate of drug-likeness (QED) is 0.623. The van der Waals surface area contributed by atoms with E-state index in [9.17, 15) is 14.9 Å². The van der Waals surface area contributed by atoms with Gasteiger partial charge in [-0.15, -0.1) is 0 Å². The van der Waals surface area contributed by atoms with Crippen molar-refractivity contribution < 1.29 is 9.72 Å². The second kappa shape index (κ2) is 5.71. The van der Waals surface area contributed by atoms with Crippen molar-refractivity contribution in [2.45, 2.75) is 39.7 Å². The highest BCUT2D eigenvalue weighted by Gasteiger charge is 2.47. The van der Waals surface area contributed by atoms with Gasteiger partial charge in [-0.3, -0.25) is 14.9 Å². The van der Waals surface area contributed by atoms with E-state index in [0.29, 0.717) is 0 Å². The minimum atomic E-state index is -0.517. The number of hydrogen-bond acceptors (Lipinski definition) is 4. The second-order valence-corrected chi connectivity index (χ2v) is 6.13. The van der Waals surface area contributed by atoms with E-state index < -0.39 is 4.92 Å². The van der Waals surface area contributed by atoms with Crippen molar-refractivity contribution in [2.75, 3.05) is 11.9 Å². The number of anilines is 1. The zero-order valence-electron chi connectivity index (χ0n) is 12.6. The predicted octanol–water partition coefficient (Wildman–Crippen LogP) is 2.95. The highest BCUT2D eigenvalue weighted by molar-refractivity contribution is 5.99. The predicted molar refractivity (Wildman–Crippen MR) is 81.5 cm³/mol. The molecule has 1 aliphatic rings. The van der Waals surface area contributed by atoms with Gasteiger partial charge in [-0.05, 0) is 30.4 Å². The first-order valence-corrected chi connectivity index (χ1v) is 7.18. The summed E-state index contributed by atoms with van der Waals surface area (Å²) in [6.45, 7) is 6.91. The number of nitrogens with one attached hydrogen (secondary N) is 2.